The Labute approximate surface area is 122 Å². The van der Waals surface area contributed by atoms with E-state index in [0.29, 0.717) is 24.3 Å². The lowest BCUT2D eigenvalue weighted by atomic mass is 10.0. The van der Waals surface area contributed by atoms with E-state index >= 15 is 0 Å². The molecule has 0 saturated carbocycles. The third-order valence-corrected chi connectivity index (χ3v) is 4.03. The molecule has 5 heteroatoms. The highest BCUT2D eigenvalue weighted by Gasteiger charge is 2.35. The van der Waals surface area contributed by atoms with Crippen molar-refractivity contribution in [1.82, 2.24) is 0 Å². The fourth-order valence-corrected chi connectivity index (χ4v) is 2.82. The number of nitrogens with zero attached hydrogens (tertiary/aromatic N) is 1. The fourth-order valence-electron chi connectivity index (χ4n) is 2.66. The molecule has 112 valence electrons. The highest BCUT2D eigenvalue weighted by Crippen LogP contribution is 2.38. The minimum absolute atomic E-state index is 0.101. The summed E-state index contributed by atoms with van der Waals surface area (Å²) in [6.45, 7) is 1.40. The van der Waals surface area contributed by atoms with Crippen LogP contribution in [0.25, 0.3) is 0 Å². The lowest BCUT2D eigenvalue weighted by molar-refractivity contribution is -0.137. The maximum Gasteiger partial charge on any atom is 0.418 e. The molecule has 0 unspecified atom stereocenters. The molecule has 0 atom stereocenters. The van der Waals surface area contributed by atoms with Gasteiger partial charge >= 0.3 is 6.18 Å². The lowest BCUT2D eigenvalue weighted by Crippen LogP contribution is -2.29. The number of benzene rings is 1. The van der Waals surface area contributed by atoms with E-state index in [1.165, 1.54) is 12.5 Å². The lowest BCUT2D eigenvalue weighted by Gasteiger charge is -2.29. The van der Waals surface area contributed by atoms with E-state index < -0.39 is 11.7 Å². The average Bonchev–Trinajstić information content (AvgIpc) is 2.37. The molecule has 1 aromatic carbocycles. The summed E-state index contributed by atoms with van der Waals surface area (Å²) in [4.78, 5) is 1.87. The minimum Gasteiger partial charge on any atom is -0.371 e. The molecule has 1 aliphatic rings. The third-order valence-electron chi connectivity index (χ3n) is 3.72. The van der Waals surface area contributed by atoms with Crippen LogP contribution < -0.4 is 4.90 Å². The van der Waals surface area contributed by atoms with Crippen LogP contribution in [0.4, 0.5) is 18.9 Å². The van der Waals surface area contributed by atoms with Crippen LogP contribution >= 0.6 is 11.6 Å². The van der Waals surface area contributed by atoms with Gasteiger partial charge in [-0.3, -0.25) is 0 Å². The summed E-state index contributed by atoms with van der Waals surface area (Å²) in [6.07, 6.45) is 0.948. The highest BCUT2D eigenvalue weighted by molar-refractivity contribution is 6.17. The second-order valence-corrected chi connectivity index (χ2v) is 5.50. The Balaban J connectivity index is 2.33. The van der Waals surface area contributed by atoms with Gasteiger partial charge in [-0.1, -0.05) is 25.3 Å². The molecule has 0 spiro atoms. The van der Waals surface area contributed by atoms with Gasteiger partial charge in [-0.15, -0.1) is 11.6 Å². The Hall–Kier alpha value is -0.900. The van der Waals surface area contributed by atoms with E-state index in [0.717, 1.165) is 25.7 Å². The summed E-state index contributed by atoms with van der Waals surface area (Å²) in [7, 11) is 0. The molecule has 0 radical (unpaired) electrons. The zero-order valence-electron chi connectivity index (χ0n) is 11.3. The molecule has 0 N–H and O–H groups in total. The Kier molecular flexibility index (Phi) is 5.19. The molecule has 20 heavy (non-hydrogen) atoms. The third kappa shape index (κ3) is 3.81. The number of halogens is 4. The summed E-state index contributed by atoms with van der Waals surface area (Å²) in [6, 6.07) is 4.44. The molecule has 1 aromatic rings. The zero-order chi connectivity index (χ0) is 14.6. The van der Waals surface area contributed by atoms with Crippen LogP contribution in [0, 0.1) is 0 Å². The predicted octanol–water partition coefficient (Wildman–Crippen LogP) is 5.21. The van der Waals surface area contributed by atoms with Gasteiger partial charge in [-0.25, -0.2) is 0 Å². The van der Waals surface area contributed by atoms with Gasteiger partial charge in [0.05, 0.1) is 5.56 Å². The quantitative estimate of drug-likeness (QED) is 0.678. The topological polar surface area (TPSA) is 3.24 Å². The van der Waals surface area contributed by atoms with E-state index in [-0.39, 0.29) is 5.88 Å². The Morgan fingerprint density at radius 2 is 1.60 bits per heavy atom. The van der Waals surface area contributed by atoms with Crippen molar-refractivity contribution in [3.05, 3.63) is 29.3 Å². The minimum atomic E-state index is -4.33. The monoisotopic (exact) mass is 305 g/mol. The normalized spacial score (nSPS) is 17.7. The number of hydrogen-bond acceptors (Lipinski definition) is 1. The van der Waals surface area contributed by atoms with Crippen molar-refractivity contribution in [2.24, 2.45) is 0 Å². The fraction of sp³-hybridized carbons (Fsp3) is 0.600. The standard InChI is InChI=1S/C15H19ClF3N/c16-11-12-6-7-14(13(10-12)15(17,18)19)20-8-4-2-1-3-5-9-20/h6-7,10H,1-5,8-9,11H2. The van der Waals surface area contributed by atoms with Crippen LogP contribution in [0.2, 0.25) is 0 Å². The van der Waals surface area contributed by atoms with Crippen molar-refractivity contribution >= 4 is 17.3 Å². The maximum atomic E-state index is 13.2. The Morgan fingerprint density at radius 3 is 2.15 bits per heavy atom. The largest absolute Gasteiger partial charge is 0.418 e. The Morgan fingerprint density at radius 1 is 1.00 bits per heavy atom. The second-order valence-electron chi connectivity index (χ2n) is 5.24. The number of alkyl halides is 4. The summed E-state index contributed by atoms with van der Waals surface area (Å²) < 4.78 is 39.7. The van der Waals surface area contributed by atoms with E-state index in [9.17, 15) is 13.2 Å². The van der Waals surface area contributed by atoms with Crippen LogP contribution in [-0.4, -0.2) is 13.1 Å². The molecule has 1 aliphatic heterocycles. The first-order chi connectivity index (χ1) is 9.52. The van der Waals surface area contributed by atoms with Crippen LogP contribution in [0.5, 0.6) is 0 Å². The van der Waals surface area contributed by atoms with Gasteiger partial charge in [-0.05, 0) is 30.5 Å². The molecule has 1 nitrogen and oxygen atoms in total. The van der Waals surface area contributed by atoms with Crippen molar-refractivity contribution in [2.45, 2.75) is 44.2 Å². The summed E-state index contributed by atoms with van der Waals surface area (Å²) >= 11 is 5.65. The predicted molar refractivity (Wildman–Crippen MR) is 76.3 cm³/mol. The van der Waals surface area contributed by atoms with E-state index in [2.05, 4.69) is 0 Å². The number of rotatable bonds is 2. The first kappa shape index (κ1) is 15.5. The van der Waals surface area contributed by atoms with Crippen LogP contribution in [0.15, 0.2) is 18.2 Å². The molecule has 0 bridgehead atoms. The van der Waals surface area contributed by atoms with Crippen LogP contribution in [-0.2, 0) is 12.1 Å². The van der Waals surface area contributed by atoms with Crippen molar-refractivity contribution in [3.63, 3.8) is 0 Å². The van der Waals surface area contributed by atoms with Crippen molar-refractivity contribution < 1.29 is 13.2 Å². The Bertz CT molecular complexity index is 437. The smallest absolute Gasteiger partial charge is 0.371 e. The van der Waals surface area contributed by atoms with Crippen molar-refractivity contribution in [2.75, 3.05) is 18.0 Å². The van der Waals surface area contributed by atoms with Gasteiger partial charge in [-0.2, -0.15) is 13.2 Å². The van der Waals surface area contributed by atoms with Crippen molar-refractivity contribution in [1.29, 1.82) is 0 Å². The van der Waals surface area contributed by atoms with E-state index in [4.69, 9.17) is 11.6 Å². The molecule has 0 aliphatic carbocycles. The molecule has 1 fully saturated rings. The summed E-state index contributed by atoms with van der Waals surface area (Å²) in [5.41, 5.74) is 0.249. The van der Waals surface area contributed by atoms with Gasteiger partial charge in [0.2, 0.25) is 0 Å². The van der Waals surface area contributed by atoms with E-state index in [1.807, 2.05) is 4.90 Å². The van der Waals surface area contributed by atoms with Gasteiger partial charge in [0.15, 0.2) is 0 Å². The molecular formula is C15H19ClF3N. The molecule has 2 rings (SSSR count). The highest BCUT2D eigenvalue weighted by atomic mass is 35.5. The number of anilines is 1. The molecule has 1 heterocycles. The van der Waals surface area contributed by atoms with Gasteiger partial charge in [0, 0.05) is 24.7 Å². The molecule has 0 aromatic heterocycles. The first-order valence-corrected chi connectivity index (χ1v) is 7.57. The SMILES string of the molecule is FC(F)(F)c1cc(CCl)ccc1N1CCCCCCC1. The maximum absolute atomic E-state index is 13.2. The van der Waals surface area contributed by atoms with E-state index in [1.54, 1.807) is 12.1 Å². The van der Waals surface area contributed by atoms with Gasteiger partial charge in [0.1, 0.15) is 0 Å². The molecular weight excluding hydrogens is 287 g/mol. The number of hydrogen-bond donors (Lipinski definition) is 0. The van der Waals surface area contributed by atoms with Crippen molar-refractivity contribution in [3.8, 4) is 0 Å². The summed E-state index contributed by atoms with van der Waals surface area (Å²) in [5, 5.41) is 0. The molecule has 0 amide bonds. The van der Waals surface area contributed by atoms with Crippen LogP contribution in [0.1, 0.15) is 43.2 Å². The molecule has 1 saturated heterocycles. The first-order valence-electron chi connectivity index (χ1n) is 7.03. The van der Waals surface area contributed by atoms with Gasteiger partial charge in [0.25, 0.3) is 0 Å². The summed E-state index contributed by atoms with van der Waals surface area (Å²) in [5.74, 6) is 0.101. The second kappa shape index (κ2) is 6.70. The zero-order valence-corrected chi connectivity index (χ0v) is 12.1. The van der Waals surface area contributed by atoms with Crippen LogP contribution in [0.3, 0.4) is 0 Å². The van der Waals surface area contributed by atoms with Gasteiger partial charge < -0.3 is 4.90 Å². The average molecular weight is 306 g/mol.